The summed E-state index contributed by atoms with van der Waals surface area (Å²) in [5, 5.41) is 8.59. The molecular weight excluding hydrogens is 400 g/mol. The predicted octanol–water partition coefficient (Wildman–Crippen LogP) is 3.63. The van der Waals surface area contributed by atoms with Gasteiger partial charge in [0.25, 0.3) is 0 Å². The molecule has 7 nitrogen and oxygen atoms in total. The molecule has 8 heteroatoms. The summed E-state index contributed by atoms with van der Waals surface area (Å²) in [6.07, 6.45) is 4.57. The lowest BCUT2D eigenvalue weighted by molar-refractivity contribution is 0.184. The molecule has 2 aliphatic heterocycles. The van der Waals surface area contributed by atoms with Crippen molar-refractivity contribution >= 4 is 10.0 Å². The fourth-order valence-electron chi connectivity index (χ4n) is 4.60. The molecule has 1 atom stereocenters. The Morgan fingerprint density at radius 2 is 1.83 bits per heavy atom. The van der Waals surface area contributed by atoms with E-state index in [1.54, 1.807) is 11.2 Å². The summed E-state index contributed by atoms with van der Waals surface area (Å²) in [6.45, 7) is 7.31. The number of aromatic nitrogens is 2. The first-order valence-corrected chi connectivity index (χ1v) is 12.7. The summed E-state index contributed by atoms with van der Waals surface area (Å²) < 4.78 is 32.6. The molecule has 4 rings (SSSR count). The highest BCUT2D eigenvalue weighted by Gasteiger charge is 2.36. The average molecular weight is 433 g/mol. The Kier molecular flexibility index (Phi) is 6.55. The van der Waals surface area contributed by atoms with Crippen LogP contribution < -0.4 is 0 Å². The molecule has 164 valence electrons. The number of nitrogens with zero attached hydrogens (tertiary/aromatic N) is 4. The lowest BCUT2D eigenvalue weighted by Gasteiger charge is -2.32. The summed E-state index contributed by atoms with van der Waals surface area (Å²) in [5.41, 5.74) is 2.64. The number of likely N-dealkylation sites (tertiary alicyclic amines) is 1. The Morgan fingerprint density at radius 3 is 2.57 bits per heavy atom. The van der Waals surface area contributed by atoms with E-state index in [4.69, 9.17) is 4.42 Å². The van der Waals surface area contributed by atoms with Gasteiger partial charge in [0, 0.05) is 19.0 Å². The summed E-state index contributed by atoms with van der Waals surface area (Å²) in [4.78, 5) is 2.47. The van der Waals surface area contributed by atoms with E-state index in [1.165, 1.54) is 11.1 Å². The predicted molar refractivity (Wildman–Crippen MR) is 115 cm³/mol. The summed E-state index contributed by atoms with van der Waals surface area (Å²) in [7, 11) is -3.28. The normalized spacial score (nSPS) is 22.4. The van der Waals surface area contributed by atoms with Crippen molar-refractivity contribution in [2.75, 3.05) is 25.4 Å². The number of hydrogen-bond donors (Lipinski definition) is 0. The lowest BCUT2D eigenvalue weighted by atomic mass is 9.96. The van der Waals surface area contributed by atoms with E-state index < -0.39 is 10.0 Å². The molecule has 2 aliphatic rings. The molecular formula is C22H32N4O3S. The number of rotatable bonds is 6. The first-order valence-electron chi connectivity index (χ1n) is 11.1. The van der Waals surface area contributed by atoms with Gasteiger partial charge in [-0.05, 0) is 58.2 Å². The SMILES string of the molecule is CCS(=O)(=O)N1CCCCC1c1nnc(C2CCN(Cc3cccc(C)c3)CC2)o1. The van der Waals surface area contributed by atoms with Gasteiger partial charge in [0.05, 0.1) is 5.75 Å². The molecule has 0 bridgehead atoms. The first-order chi connectivity index (χ1) is 14.5. The highest BCUT2D eigenvalue weighted by molar-refractivity contribution is 7.89. The van der Waals surface area contributed by atoms with Crippen LogP contribution in [0, 0.1) is 6.92 Å². The highest BCUT2D eigenvalue weighted by atomic mass is 32.2. The Bertz CT molecular complexity index is 951. The van der Waals surface area contributed by atoms with Gasteiger partial charge < -0.3 is 4.42 Å². The first kappa shape index (κ1) is 21.5. The maximum absolute atomic E-state index is 12.5. The monoisotopic (exact) mass is 432 g/mol. The second-order valence-electron chi connectivity index (χ2n) is 8.54. The second kappa shape index (κ2) is 9.16. The summed E-state index contributed by atoms with van der Waals surface area (Å²) in [5.74, 6) is 1.48. The van der Waals surface area contributed by atoms with Crippen molar-refractivity contribution < 1.29 is 12.8 Å². The molecule has 1 unspecified atom stereocenters. The zero-order valence-electron chi connectivity index (χ0n) is 18.0. The molecule has 2 aromatic rings. The van der Waals surface area contributed by atoms with Gasteiger partial charge in [0.15, 0.2) is 0 Å². The van der Waals surface area contributed by atoms with E-state index in [0.29, 0.717) is 18.3 Å². The topological polar surface area (TPSA) is 79.5 Å². The number of sulfonamides is 1. The molecule has 0 amide bonds. The minimum Gasteiger partial charge on any atom is -0.423 e. The maximum atomic E-state index is 12.5. The third-order valence-electron chi connectivity index (χ3n) is 6.34. The maximum Gasteiger partial charge on any atom is 0.234 e. The number of hydrogen-bond acceptors (Lipinski definition) is 6. The Morgan fingerprint density at radius 1 is 1.07 bits per heavy atom. The number of aryl methyl sites for hydroxylation is 1. The van der Waals surface area contributed by atoms with Crippen molar-refractivity contribution in [3.05, 3.63) is 47.2 Å². The second-order valence-corrected chi connectivity index (χ2v) is 10.8. The van der Waals surface area contributed by atoms with Gasteiger partial charge in [0.1, 0.15) is 6.04 Å². The van der Waals surface area contributed by atoms with Crippen molar-refractivity contribution in [2.24, 2.45) is 0 Å². The highest BCUT2D eigenvalue weighted by Crippen LogP contribution is 2.35. The van der Waals surface area contributed by atoms with Crippen molar-refractivity contribution in [1.29, 1.82) is 0 Å². The number of piperidine rings is 2. The number of benzene rings is 1. The molecule has 0 radical (unpaired) electrons. The van der Waals surface area contributed by atoms with Gasteiger partial charge >= 0.3 is 0 Å². The van der Waals surface area contributed by atoms with Crippen LogP contribution in [0.4, 0.5) is 0 Å². The Balaban J connectivity index is 1.39. The molecule has 0 N–H and O–H groups in total. The van der Waals surface area contributed by atoms with Crippen LogP contribution in [0.3, 0.4) is 0 Å². The fourth-order valence-corrected chi connectivity index (χ4v) is 5.93. The average Bonchev–Trinajstić information content (AvgIpc) is 3.24. The van der Waals surface area contributed by atoms with Crippen molar-refractivity contribution in [3.63, 3.8) is 0 Å². The molecule has 2 saturated heterocycles. The van der Waals surface area contributed by atoms with Crippen LogP contribution in [0.2, 0.25) is 0 Å². The summed E-state index contributed by atoms with van der Waals surface area (Å²) >= 11 is 0. The van der Waals surface area contributed by atoms with Crippen LogP contribution in [0.15, 0.2) is 28.7 Å². The zero-order valence-corrected chi connectivity index (χ0v) is 18.8. The van der Waals surface area contributed by atoms with Gasteiger partial charge in [-0.3, -0.25) is 4.90 Å². The Labute approximate surface area is 179 Å². The van der Waals surface area contributed by atoms with E-state index in [1.807, 2.05) is 0 Å². The van der Waals surface area contributed by atoms with E-state index in [-0.39, 0.29) is 17.7 Å². The third-order valence-corrected chi connectivity index (χ3v) is 8.22. The quantitative estimate of drug-likeness (QED) is 0.693. The van der Waals surface area contributed by atoms with Gasteiger partial charge in [-0.15, -0.1) is 10.2 Å². The van der Waals surface area contributed by atoms with Crippen LogP contribution in [0.5, 0.6) is 0 Å². The molecule has 0 aliphatic carbocycles. The van der Waals surface area contributed by atoms with Crippen LogP contribution in [-0.2, 0) is 16.6 Å². The standard InChI is InChI=1S/C22H32N4O3S/c1-3-30(27,28)26-12-5-4-9-20(26)22-24-23-21(29-22)19-10-13-25(14-11-19)16-18-8-6-7-17(2)15-18/h6-8,15,19-20H,3-5,9-14,16H2,1-2H3. The lowest BCUT2D eigenvalue weighted by Crippen LogP contribution is -2.39. The summed E-state index contributed by atoms with van der Waals surface area (Å²) in [6, 6.07) is 8.36. The van der Waals surface area contributed by atoms with Crippen molar-refractivity contribution in [3.8, 4) is 0 Å². The fraction of sp³-hybridized carbons (Fsp3) is 0.636. The third kappa shape index (κ3) is 4.76. The zero-order chi connectivity index (χ0) is 21.1. The van der Waals surface area contributed by atoms with Crippen LogP contribution in [-0.4, -0.2) is 53.2 Å². The van der Waals surface area contributed by atoms with E-state index in [9.17, 15) is 8.42 Å². The molecule has 2 fully saturated rings. The molecule has 1 aromatic heterocycles. The van der Waals surface area contributed by atoms with Gasteiger partial charge in [-0.25, -0.2) is 8.42 Å². The van der Waals surface area contributed by atoms with Crippen molar-refractivity contribution in [2.45, 2.75) is 64.5 Å². The molecule has 3 heterocycles. The molecule has 30 heavy (non-hydrogen) atoms. The Hall–Kier alpha value is -1.77. The largest absolute Gasteiger partial charge is 0.423 e. The minimum atomic E-state index is -3.28. The van der Waals surface area contributed by atoms with E-state index in [2.05, 4.69) is 46.3 Å². The van der Waals surface area contributed by atoms with Crippen LogP contribution in [0.1, 0.15) is 73.9 Å². The van der Waals surface area contributed by atoms with Crippen LogP contribution in [0.25, 0.3) is 0 Å². The van der Waals surface area contributed by atoms with E-state index in [0.717, 1.165) is 51.7 Å². The van der Waals surface area contributed by atoms with E-state index >= 15 is 0 Å². The minimum absolute atomic E-state index is 0.101. The molecule has 0 saturated carbocycles. The van der Waals surface area contributed by atoms with Gasteiger partial charge in [0.2, 0.25) is 21.8 Å². The molecule has 0 spiro atoms. The van der Waals surface area contributed by atoms with Gasteiger partial charge in [-0.2, -0.15) is 4.31 Å². The molecule has 1 aromatic carbocycles. The van der Waals surface area contributed by atoms with Crippen LogP contribution >= 0.6 is 0 Å². The van der Waals surface area contributed by atoms with Crippen molar-refractivity contribution in [1.82, 2.24) is 19.4 Å². The smallest absolute Gasteiger partial charge is 0.234 e. The van der Waals surface area contributed by atoms with Gasteiger partial charge in [-0.1, -0.05) is 36.2 Å².